The molecule has 0 aliphatic heterocycles. The quantitative estimate of drug-likeness (QED) is 0.389. The summed E-state index contributed by atoms with van der Waals surface area (Å²) in [5, 5.41) is 10.4. The third-order valence-corrected chi connectivity index (χ3v) is 5.58. The van der Waals surface area contributed by atoms with Gasteiger partial charge in [-0.25, -0.2) is 13.8 Å². The van der Waals surface area contributed by atoms with Gasteiger partial charge in [-0.3, -0.25) is 4.79 Å². The number of amides is 1. The number of carbonyl (C=O) groups excluding carboxylic acids is 1. The lowest BCUT2D eigenvalue weighted by Gasteiger charge is -2.13. The number of hydrogen-bond acceptors (Lipinski definition) is 5. The molecule has 32 heavy (non-hydrogen) atoms. The van der Waals surface area contributed by atoms with Crippen LogP contribution in [0, 0.1) is 11.6 Å². The number of nitrogens with one attached hydrogen (secondary N) is 1. The molecule has 4 aromatic rings. The number of carbonyl (C=O) groups is 1. The third-order valence-electron chi connectivity index (χ3n) is 4.62. The van der Waals surface area contributed by atoms with E-state index < -0.39 is 28.5 Å². The fourth-order valence-electron chi connectivity index (χ4n) is 3.00. The van der Waals surface area contributed by atoms with Crippen molar-refractivity contribution in [2.45, 2.75) is 17.3 Å². The summed E-state index contributed by atoms with van der Waals surface area (Å²) in [6, 6.07) is 22.5. The van der Waals surface area contributed by atoms with Crippen LogP contribution in [-0.2, 0) is 4.79 Å². The number of aromatic nitrogens is 3. The van der Waals surface area contributed by atoms with Crippen molar-refractivity contribution in [3.8, 4) is 22.5 Å². The van der Waals surface area contributed by atoms with E-state index in [1.807, 2.05) is 60.7 Å². The van der Waals surface area contributed by atoms with E-state index in [0.29, 0.717) is 11.4 Å². The zero-order valence-electron chi connectivity index (χ0n) is 17.0. The SMILES string of the molecule is CC(Sc1nnc(-c2ccccc2)c(-c2ccccc2)n1)C(=O)Nc1c(F)cccc1F. The molecule has 0 aliphatic rings. The molecule has 3 aromatic carbocycles. The normalized spacial score (nSPS) is 11.7. The molecule has 0 spiro atoms. The van der Waals surface area contributed by atoms with E-state index in [-0.39, 0.29) is 5.16 Å². The summed E-state index contributed by atoms with van der Waals surface area (Å²) in [7, 11) is 0. The average molecular weight is 448 g/mol. The largest absolute Gasteiger partial charge is 0.320 e. The lowest BCUT2D eigenvalue weighted by Crippen LogP contribution is -2.24. The number of halogens is 2. The Kier molecular flexibility index (Phi) is 6.51. The number of hydrogen-bond donors (Lipinski definition) is 1. The first kappa shape index (κ1) is 21.6. The van der Waals surface area contributed by atoms with Crippen molar-refractivity contribution in [3.63, 3.8) is 0 Å². The van der Waals surface area contributed by atoms with Gasteiger partial charge in [0.05, 0.1) is 5.25 Å². The first-order valence-electron chi connectivity index (χ1n) is 9.80. The number of thioether (sulfide) groups is 1. The highest BCUT2D eigenvalue weighted by molar-refractivity contribution is 8.00. The van der Waals surface area contributed by atoms with E-state index in [9.17, 15) is 13.6 Å². The fourth-order valence-corrected chi connectivity index (χ4v) is 3.72. The number of nitrogens with zero attached hydrogens (tertiary/aromatic N) is 3. The molecule has 1 unspecified atom stereocenters. The van der Waals surface area contributed by atoms with Gasteiger partial charge in [-0.15, -0.1) is 10.2 Å². The van der Waals surface area contributed by atoms with Crippen molar-refractivity contribution in [2.24, 2.45) is 0 Å². The van der Waals surface area contributed by atoms with Crippen molar-refractivity contribution in [3.05, 3.63) is 90.5 Å². The minimum atomic E-state index is -0.841. The molecular weight excluding hydrogens is 430 g/mol. The van der Waals surface area contributed by atoms with Gasteiger partial charge in [0.2, 0.25) is 11.1 Å². The lowest BCUT2D eigenvalue weighted by molar-refractivity contribution is -0.115. The first-order valence-corrected chi connectivity index (χ1v) is 10.7. The monoisotopic (exact) mass is 448 g/mol. The Hall–Kier alpha value is -3.65. The van der Waals surface area contributed by atoms with Gasteiger partial charge < -0.3 is 5.32 Å². The van der Waals surface area contributed by atoms with Crippen LogP contribution < -0.4 is 5.32 Å². The smallest absolute Gasteiger partial charge is 0.237 e. The van der Waals surface area contributed by atoms with Gasteiger partial charge in [0.15, 0.2) is 0 Å². The summed E-state index contributed by atoms with van der Waals surface area (Å²) in [5.41, 5.74) is 2.49. The number of anilines is 1. The predicted molar refractivity (Wildman–Crippen MR) is 121 cm³/mol. The summed E-state index contributed by atoms with van der Waals surface area (Å²) in [6.07, 6.45) is 0. The second-order valence-corrected chi connectivity index (χ2v) is 8.18. The number of para-hydroxylation sites is 1. The Labute approximate surface area is 187 Å². The van der Waals surface area contributed by atoms with Crippen molar-refractivity contribution in [1.82, 2.24) is 15.2 Å². The zero-order chi connectivity index (χ0) is 22.5. The van der Waals surface area contributed by atoms with Crippen LogP contribution in [-0.4, -0.2) is 26.3 Å². The van der Waals surface area contributed by atoms with E-state index in [4.69, 9.17) is 0 Å². The lowest BCUT2D eigenvalue weighted by atomic mass is 10.0. The predicted octanol–water partition coefficient (Wildman–Crippen LogP) is 5.60. The summed E-state index contributed by atoms with van der Waals surface area (Å²) >= 11 is 1.05. The highest BCUT2D eigenvalue weighted by Gasteiger charge is 2.21. The standard InChI is InChI=1S/C24H18F2N4OS/c1-15(23(31)27-22-18(25)13-8-14-19(22)26)32-24-28-20(16-9-4-2-5-10-16)21(29-30-24)17-11-6-3-7-12-17/h2-15H,1H3,(H,27,31). The molecule has 0 saturated heterocycles. The molecule has 0 bridgehead atoms. The minimum Gasteiger partial charge on any atom is -0.320 e. The van der Waals surface area contributed by atoms with Gasteiger partial charge in [0.1, 0.15) is 28.7 Å². The minimum absolute atomic E-state index is 0.278. The van der Waals surface area contributed by atoms with E-state index in [1.165, 1.54) is 6.07 Å². The molecule has 1 atom stereocenters. The molecule has 4 rings (SSSR count). The highest BCUT2D eigenvalue weighted by Crippen LogP contribution is 2.31. The second kappa shape index (κ2) is 9.65. The molecule has 0 fully saturated rings. The zero-order valence-corrected chi connectivity index (χ0v) is 17.8. The van der Waals surface area contributed by atoms with Gasteiger partial charge >= 0.3 is 0 Å². The maximum absolute atomic E-state index is 13.9. The van der Waals surface area contributed by atoms with Crippen LogP contribution in [0.1, 0.15) is 6.92 Å². The average Bonchev–Trinajstić information content (AvgIpc) is 2.82. The Morgan fingerprint density at radius 3 is 1.97 bits per heavy atom. The van der Waals surface area contributed by atoms with Gasteiger partial charge in [0.25, 0.3) is 0 Å². The maximum Gasteiger partial charge on any atom is 0.237 e. The molecule has 0 radical (unpaired) electrons. The number of benzene rings is 3. The summed E-state index contributed by atoms with van der Waals surface area (Å²) < 4.78 is 27.7. The van der Waals surface area contributed by atoms with E-state index in [2.05, 4.69) is 20.5 Å². The van der Waals surface area contributed by atoms with Crippen LogP contribution in [0.15, 0.2) is 84.0 Å². The number of rotatable bonds is 6. The molecule has 0 aliphatic carbocycles. The van der Waals surface area contributed by atoms with E-state index in [0.717, 1.165) is 35.0 Å². The molecule has 1 N–H and O–H groups in total. The molecule has 160 valence electrons. The van der Waals surface area contributed by atoms with Crippen LogP contribution in [0.25, 0.3) is 22.5 Å². The molecular formula is C24H18F2N4OS. The van der Waals surface area contributed by atoms with Crippen LogP contribution in [0.3, 0.4) is 0 Å². The first-order chi connectivity index (χ1) is 15.5. The molecule has 0 saturated carbocycles. The molecule has 1 amide bonds. The van der Waals surface area contributed by atoms with Crippen molar-refractivity contribution in [2.75, 3.05) is 5.32 Å². The maximum atomic E-state index is 13.9. The van der Waals surface area contributed by atoms with Crippen LogP contribution in [0.5, 0.6) is 0 Å². The van der Waals surface area contributed by atoms with E-state index in [1.54, 1.807) is 6.92 Å². The van der Waals surface area contributed by atoms with Crippen molar-refractivity contribution in [1.29, 1.82) is 0 Å². The Morgan fingerprint density at radius 2 is 1.38 bits per heavy atom. The van der Waals surface area contributed by atoms with Crippen LogP contribution >= 0.6 is 11.8 Å². The Bertz CT molecular complexity index is 1220. The van der Waals surface area contributed by atoms with Crippen LogP contribution in [0.2, 0.25) is 0 Å². The highest BCUT2D eigenvalue weighted by atomic mass is 32.2. The van der Waals surface area contributed by atoms with E-state index >= 15 is 0 Å². The molecule has 1 aromatic heterocycles. The molecule has 8 heteroatoms. The van der Waals surface area contributed by atoms with Crippen molar-refractivity contribution >= 4 is 23.4 Å². The summed E-state index contributed by atoms with van der Waals surface area (Å²) in [4.78, 5) is 17.2. The molecule has 5 nitrogen and oxygen atoms in total. The molecule has 1 heterocycles. The van der Waals surface area contributed by atoms with Gasteiger partial charge in [-0.2, -0.15) is 0 Å². The third kappa shape index (κ3) is 4.81. The van der Waals surface area contributed by atoms with Gasteiger partial charge in [-0.1, -0.05) is 78.5 Å². The second-order valence-electron chi connectivity index (χ2n) is 6.87. The van der Waals surface area contributed by atoms with Gasteiger partial charge in [0, 0.05) is 11.1 Å². The topological polar surface area (TPSA) is 67.8 Å². The summed E-state index contributed by atoms with van der Waals surface area (Å²) in [6.45, 7) is 1.61. The fraction of sp³-hybridized carbons (Fsp3) is 0.0833. The Morgan fingerprint density at radius 1 is 0.812 bits per heavy atom. The van der Waals surface area contributed by atoms with Crippen molar-refractivity contribution < 1.29 is 13.6 Å². The van der Waals surface area contributed by atoms with Gasteiger partial charge in [-0.05, 0) is 19.1 Å². The Balaban J connectivity index is 1.61. The summed E-state index contributed by atoms with van der Waals surface area (Å²) in [5.74, 6) is -2.25. The van der Waals surface area contributed by atoms with Crippen LogP contribution in [0.4, 0.5) is 14.5 Å².